The predicted octanol–water partition coefficient (Wildman–Crippen LogP) is 1.71. The lowest BCUT2D eigenvalue weighted by Crippen LogP contribution is -2.29. The summed E-state index contributed by atoms with van der Waals surface area (Å²) in [6.45, 7) is 5.33. The van der Waals surface area contributed by atoms with Gasteiger partial charge in [-0.05, 0) is 46.1 Å². The SMILES string of the molecule is CC(C)NC(=O)CCCCCNC(=O)CCCCCN. The van der Waals surface area contributed by atoms with Crippen molar-refractivity contribution in [2.45, 2.75) is 71.3 Å². The van der Waals surface area contributed by atoms with Crippen LogP contribution < -0.4 is 16.4 Å². The molecule has 0 bridgehead atoms. The van der Waals surface area contributed by atoms with Crippen molar-refractivity contribution in [1.29, 1.82) is 0 Å². The van der Waals surface area contributed by atoms with Crippen LogP contribution >= 0.6 is 0 Å². The molecule has 0 heterocycles. The van der Waals surface area contributed by atoms with Crippen molar-refractivity contribution >= 4 is 11.8 Å². The molecule has 2 amide bonds. The summed E-state index contributed by atoms with van der Waals surface area (Å²) < 4.78 is 0. The summed E-state index contributed by atoms with van der Waals surface area (Å²) in [6, 6.07) is 0.209. The van der Waals surface area contributed by atoms with E-state index in [1.54, 1.807) is 0 Å². The van der Waals surface area contributed by atoms with Crippen LogP contribution in [-0.4, -0.2) is 30.9 Å². The van der Waals surface area contributed by atoms with E-state index in [0.29, 0.717) is 25.9 Å². The molecule has 118 valence electrons. The van der Waals surface area contributed by atoms with Gasteiger partial charge in [-0.1, -0.05) is 12.8 Å². The molecular formula is C15H31N3O2. The molecule has 0 aliphatic heterocycles. The van der Waals surface area contributed by atoms with Gasteiger partial charge in [-0.2, -0.15) is 0 Å². The summed E-state index contributed by atoms with van der Waals surface area (Å²) in [6.07, 6.45) is 6.88. The third kappa shape index (κ3) is 13.3. The number of hydrogen-bond donors (Lipinski definition) is 3. The summed E-state index contributed by atoms with van der Waals surface area (Å²) in [5, 5.41) is 5.78. The molecule has 0 rings (SSSR count). The number of hydrogen-bond acceptors (Lipinski definition) is 3. The number of carbonyl (C=O) groups is 2. The summed E-state index contributed by atoms with van der Waals surface area (Å²) in [5.74, 6) is 0.239. The third-order valence-electron chi connectivity index (χ3n) is 2.96. The monoisotopic (exact) mass is 285 g/mol. The fourth-order valence-corrected chi connectivity index (χ4v) is 1.90. The molecule has 0 aliphatic carbocycles. The Balaban J connectivity index is 3.31. The van der Waals surface area contributed by atoms with E-state index in [1.807, 2.05) is 13.8 Å². The van der Waals surface area contributed by atoms with Crippen molar-refractivity contribution in [3.8, 4) is 0 Å². The predicted molar refractivity (Wildman–Crippen MR) is 82.3 cm³/mol. The number of amides is 2. The first kappa shape index (κ1) is 18.9. The van der Waals surface area contributed by atoms with E-state index in [0.717, 1.165) is 38.5 Å². The molecule has 0 aliphatic rings. The Labute approximate surface area is 123 Å². The highest BCUT2D eigenvalue weighted by Gasteiger charge is 2.03. The van der Waals surface area contributed by atoms with Crippen molar-refractivity contribution in [3.63, 3.8) is 0 Å². The van der Waals surface area contributed by atoms with Crippen LogP contribution in [0, 0.1) is 0 Å². The number of rotatable bonds is 12. The average Bonchev–Trinajstić information content (AvgIpc) is 2.38. The van der Waals surface area contributed by atoms with Crippen LogP contribution in [0.5, 0.6) is 0 Å². The second kappa shape index (κ2) is 12.9. The van der Waals surface area contributed by atoms with Crippen LogP contribution in [0.15, 0.2) is 0 Å². The molecule has 0 saturated heterocycles. The largest absolute Gasteiger partial charge is 0.356 e. The molecule has 4 N–H and O–H groups in total. The van der Waals surface area contributed by atoms with Crippen LogP contribution in [0.4, 0.5) is 0 Å². The van der Waals surface area contributed by atoms with E-state index in [4.69, 9.17) is 5.73 Å². The standard InChI is InChI=1S/C15H31N3O2/c1-13(2)18-15(20)10-6-4-8-12-17-14(19)9-5-3-7-11-16/h13H,3-12,16H2,1-2H3,(H,17,19)(H,18,20). The van der Waals surface area contributed by atoms with Gasteiger partial charge in [0.25, 0.3) is 0 Å². The van der Waals surface area contributed by atoms with E-state index >= 15 is 0 Å². The highest BCUT2D eigenvalue weighted by molar-refractivity contribution is 5.76. The first-order valence-corrected chi connectivity index (χ1v) is 7.82. The minimum atomic E-state index is 0.115. The van der Waals surface area contributed by atoms with Crippen LogP contribution in [0.3, 0.4) is 0 Å². The Morgan fingerprint density at radius 2 is 1.50 bits per heavy atom. The quantitative estimate of drug-likeness (QED) is 0.477. The molecule has 5 nitrogen and oxygen atoms in total. The first-order chi connectivity index (χ1) is 9.56. The molecule has 0 aromatic heterocycles. The second-order valence-electron chi connectivity index (χ2n) is 5.48. The highest BCUT2D eigenvalue weighted by Crippen LogP contribution is 2.01. The Morgan fingerprint density at radius 1 is 0.900 bits per heavy atom. The van der Waals surface area contributed by atoms with Gasteiger partial charge in [-0.15, -0.1) is 0 Å². The number of carbonyl (C=O) groups excluding carboxylic acids is 2. The molecule has 0 aromatic rings. The second-order valence-corrected chi connectivity index (χ2v) is 5.48. The van der Waals surface area contributed by atoms with Crippen LogP contribution in [0.25, 0.3) is 0 Å². The molecule has 0 aromatic carbocycles. The van der Waals surface area contributed by atoms with E-state index < -0.39 is 0 Å². The van der Waals surface area contributed by atoms with Gasteiger partial charge < -0.3 is 16.4 Å². The summed E-state index contributed by atoms with van der Waals surface area (Å²) in [7, 11) is 0. The molecule has 0 saturated carbocycles. The maximum atomic E-state index is 11.5. The molecule has 0 radical (unpaired) electrons. The minimum Gasteiger partial charge on any atom is -0.356 e. The maximum Gasteiger partial charge on any atom is 0.220 e. The summed E-state index contributed by atoms with van der Waals surface area (Å²) >= 11 is 0. The van der Waals surface area contributed by atoms with Gasteiger partial charge in [0.2, 0.25) is 11.8 Å². The zero-order valence-electron chi connectivity index (χ0n) is 13.0. The molecule has 5 heteroatoms. The first-order valence-electron chi connectivity index (χ1n) is 7.82. The maximum absolute atomic E-state index is 11.5. The van der Waals surface area contributed by atoms with Crippen molar-refractivity contribution < 1.29 is 9.59 Å². The molecule has 0 fully saturated rings. The Hall–Kier alpha value is -1.10. The minimum absolute atomic E-state index is 0.115. The Bertz CT molecular complexity index is 268. The van der Waals surface area contributed by atoms with Gasteiger partial charge in [-0.25, -0.2) is 0 Å². The number of nitrogens with one attached hydrogen (secondary N) is 2. The van der Waals surface area contributed by atoms with Gasteiger partial charge in [-0.3, -0.25) is 9.59 Å². The average molecular weight is 285 g/mol. The fourth-order valence-electron chi connectivity index (χ4n) is 1.90. The lowest BCUT2D eigenvalue weighted by Gasteiger charge is -2.08. The normalized spacial score (nSPS) is 10.6. The lowest BCUT2D eigenvalue weighted by molar-refractivity contribution is -0.122. The summed E-state index contributed by atoms with van der Waals surface area (Å²) in [4.78, 5) is 22.8. The van der Waals surface area contributed by atoms with E-state index in [9.17, 15) is 9.59 Å². The molecule has 0 spiro atoms. The van der Waals surface area contributed by atoms with Gasteiger partial charge in [0.1, 0.15) is 0 Å². The van der Waals surface area contributed by atoms with Gasteiger partial charge in [0, 0.05) is 25.4 Å². The third-order valence-corrected chi connectivity index (χ3v) is 2.96. The lowest BCUT2D eigenvalue weighted by atomic mass is 10.1. The van der Waals surface area contributed by atoms with Crippen molar-refractivity contribution in [1.82, 2.24) is 10.6 Å². The van der Waals surface area contributed by atoms with E-state index in [2.05, 4.69) is 10.6 Å². The molecule has 0 unspecified atom stereocenters. The van der Waals surface area contributed by atoms with Crippen LogP contribution in [0.1, 0.15) is 65.2 Å². The van der Waals surface area contributed by atoms with Crippen molar-refractivity contribution in [2.24, 2.45) is 5.73 Å². The van der Waals surface area contributed by atoms with E-state index in [-0.39, 0.29) is 17.9 Å². The Kier molecular flexibility index (Phi) is 12.2. The molecule has 20 heavy (non-hydrogen) atoms. The van der Waals surface area contributed by atoms with Gasteiger partial charge in [0.05, 0.1) is 0 Å². The van der Waals surface area contributed by atoms with Crippen LogP contribution in [0.2, 0.25) is 0 Å². The smallest absolute Gasteiger partial charge is 0.220 e. The molecular weight excluding hydrogens is 254 g/mol. The Morgan fingerprint density at radius 3 is 2.10 bits per heavy atom. The van der Waals surface area contributed by atoms with E-state index in [1.165, 1.54) is 0 Å². The van der Waals surface area contributed by atoms with Gasteiger partial charge in [0.15, 0.2) is 0 Å². The number of unbranched alkanes of at least 4 members (excludes halogenated alkanes) is 4. The zero-order chi connectivity index (χ0) is 15.2. The fraction of sp³-hybridized carbons (Fsp3) is 0.867. The van der Waals surface area contributed by atoms with Crippen molar-refractivity contribution in [2.75, 3.05) is 13.1 Å². The van der Waals surface area contributed by atoms with Gasteiger partial charge >= 0.3 is 0 Å². The molecule has 0 atom stereocenters. The van der Waals surface area contributed by atoms with Crippen molar-refractivity contribution in [3.05, 3.63) is 0 Å². The van der Waals surface area contributed by atoms with Crippen LogP contribution in [-0.2, 0) is 9.59 Å². The highest BCUT2D eigenvalue weighted by atomic mass is 16.2. The topological polar surface area (TPSA) is 84.2 Å². The number of nitrogens with two attached hydrogens (primary N) is 1. The summed E-state index contributed by atoms with van der Waals surface area (Å²) in [5.41, 5.74) is 5.39. The zero-order valence-corrected chi connectivity index (χ0v) is 13.0.